The molecule has 8 nitrogen and oxygen atoms in total. The fourth-order valence-corrected chi connectivity index (χ4v) is 2.33. The van der Waals surface area contributed by atoms with Gasteiger partial charge in [-0.25, -0.2) is 4.98 Å². The zero-order valence-corrected chi connectivity index (χ0v) is 13.3. The Kier molecular flexibility index (Phi) is 4.51. The van der Waals surface area contributed by atoms with Gasteiger partial charge in [0, 0.05) is 6.42 Å². The molecule has 0 saturated carbocycles. The van der Waals surface area contributed by atoms with E-state index < -0.39 is 11.1 Å². The first-order valence-electron chi connectivity index (χ1n) is 7.52. The minimum absolute atomic E-state index is 0.0704. The summed E-state index contributed by atoms with van der Waals surface area (Å²) in [6.07, 6.45) is 4.82. The van der Waals surface area contributed by atoms with Crippen molar-refractivity contribution in [2.24, 2.45) is 5.18 Å². The largest absolute Gasteiger partial charge is 0.448 e. The van der Waals surface area contributed by atoms with Gasteiger partial charge in [0.15, 0.2) is 6.39 Å². The van der Waals surface area contributed by atoms with Crippen molar-refractivity contribution in [3.05, 3.63) is 84.0 Å². The SMILES string of the molecule is CCc1ocnc1/C=c1\[nH]c(=O)/c(=C/c2cccc(N=O)c2)[nH]c1=O. The monoisotopic (exact) mass is 338 g/mol. The zero-order valence-electron chi connectivity index (χ0n) is 13.3. The topological polar surface area (TPSA) is 121 Å². The molecular formula is C17H14N4O4. The number of H-pyrrole nitrogens is 2. The third-order valence-corrected chi connectivity index (χ3v) is 3.55. The molecule has 0 amide bonds. The Labute approximate surface area is 140 Å². The van der Waals surface area contributed by atoms with Crippen LogP contribution in [-0.2, 0) is 6.42 Å². The first-order chi connectivity index (χ1) is 12.1. The average Bonchev–Trinajstić information content (AvgIpc) is 3.06. The molecule has 0 bridgehead atoms. The standard InChI is InChI=1S/C17H14N4O4/c1-2-15-12(18-9-25-15)8-14-17(23)19-13(16(22)20-14)7-10-4-3-5-11(6-10)21-24/h3-9H,2H2,1H3,(H,19,23)(H,20,22)/b13-7-,14-8-. The Bertz CT molecular complexity index is 1150. The van der Waals surface area contributed by atoms with Crippen LogP contribution in [0.4, 0.5) is 5.69 Å². The van der Waals surface area contributed by atoms with Crippen molar-refractivity contribution in [1.29, 1.82) is 0 Å². The van der Waals surface area contributed by atoms with Crippen LogP contribution in [0.3, 0.4) is 0 Å². The van der Waals surface area contributed by atoms with E-state index in [9.17, 15) is 14.5 Å². The number of hydrogen-bond donors (Lipinski definition) is 2. The fourth-order valence-electron chi connectivity index (χ4n) is 2.33. The van der Waals surface area contributed by atoms with Crippen molar-refractivity contribution in [2.75, 3.05) is 0 Å². The van der Waals surface area contributed by atoms with E-state index in [4.69, 9.17) is 4.42 Å². The number of nitrogens with zero attached hydrogens (tertiary/aromatic N) is 2. The van der Waals surface area contributed by atoms with Crippen molar-refractivity contribution in [2.45, 2.75) is 13.3 Å². The molecule has 0 radical (unpaired) electrons. The van der Waals surface area contributed by atoms with Crippen LogP contribution in [0, 0.1) is 4.91 Å². The number of nitrogens with one attached hydrogen (secondary N) is 2. The normalized spacial score (nSPS) is 12.5. The molecule has 0 fully saturated rings. The molecular weight excluding hydrogens is 324 g/mol. The van der Waals surface area contributed by atoms with Gasteiger partial charge in [-0.1, -0.05) is 19.1 Å². The van der Waals surface area contributed by atoms with E-state index in [1.54, 1.807) is 18.2 Å². The minimum atomic E-state index is -0.475. The Morgan fingerprint density at radius 1 is 1.16 bits per heavy atom. The van der Waals surface area contributed by atoms with Crippen LogP contribution in [0.2, 0.25) is 0 Å². The predicted molar refractivity (Wildman–Crippen MR) is 91.8 cm³/mol. The fraction of sp³-hybridized carbons (Fsp3) is 0.118. The van der Waals surface area contributed by atoms with Crippen molar-refractivity contribution in [3.63, 3.8) is 0 Å². The molecule has 2 N–H and O–H groups in total. The molecule has 0 saturated heterocycles. The number of rotatable bonds is 4. The summed E-state index contributed by atoms with van der Waals surface area (Å²) < 4.78 is 5.19. The molecule has 126 valence electrons. The lowest BCUT2D eigenvalue weighted by molar-refractivity contribution is 0.509. The molecule has 1 aromatic carbocycles. The maximum Gasteiger partial charge on any atom is 0.272 e. The molecule has 0 unspecified atom stereocenters. The second kappa shape index (κ2) is 6.91. The molecule has 2 aromatic heterocycles. The van der Waals surface area contributed by atoms with E-state index in [1.807, 2.05) is 6.92 Å². The maximum atomic E-state index is 12.2. The van der Waals surface area contributed by atoms with E-state index in [-0.39, 0.29) is 16.4 Å². The van der Waals surface area contributed by atoms with Gasteiger partial charge in [0.05, 0.1) is 0 Å². The summed E-state index contributed by atoms with van der Waals surface area (Å²) >= 11 is 0. The summed E-state index contributed by atoms with van der Waals surface area (Å²) in [7, 11) is 0. The van der Waals surface area contributed by atoms with Gasteiger partial charge >= 0.3 is 0 Å². The highest BCUT2D eigenvalue weighted by atomic mass is 16.3. The third kappa shape index (κ3) is 3.52. The van der Waals surface area contributed by atoms with Crippen LogP contribution in [0.5, 0.6) is 0 Å². The molecule has 25 heavy (non-hydrogen) atoms. The Morgan fingerprint density at radius 2 is 1.88 bits per heavy atom. The predicted octanol–water partition coefficient (Wildman–Crippen LogP) is 0.669. The molecule has 0 aliphatic heterocycles. The molecule has 0 spiro atoms. The van der Waals surface area contributed by atoms with Crippen LogP contribution >= 0.6 is 0 Å². The van der Waals surface area contributed by atoms with Crippen LogP contribution in [0.15, 0.2) is 49.8 Å². The van der Waals surface area contributed by atoms with Crippen molar-refractivity contribution in [3.8, 4) is 0 Å². The average molecular weight is 338 g/mol. The lowest BCUT2D eigenvalue weighted by atomic mass is 10.2. The van der Waals surface area contributed by atoms with Crippen LogP contribution in [0.1, 0.15) is 23.9 Å². The van der Waals surface area contributed by atoms with Crippen molar-refractivity contribution in [1.82, 2.24) is 15.0 Å². The summed E-state index contributed by atoms with van der Waals surface area (Å²) in [5.74, 6) is 0.620. The second-order valence-electron chi connectivity index (χ2n) is 5.22. The quantitative estimate of drug-likeness (QED) is 0.677. The minimum Gasteiger partial charge on any atom is -0.448 e. The summed E-state index contributed by atoms with van der Waals surface area (Å²) in [6.45, 7) is 1.89. The van der Waals surface area contributed by atoms with Crippen LogP contribution < -0.4 is 21.8 Å². The number of aromatic nitrogens is 3. The molecule has 2 heterocycles. The first-order valence-corrected chi connectivity index (χ1v) is 7.52. The van der Waals surface area contributed by atoms with Gasteiger partial charge in [-0.15, -0.1) is 4.91 Å². The number of nitroso groups, excluding NO2 is 1. The molecule has 0 aliphatic carbocycles. The number of aryl methyl sites for hydroxylation is 1. The highest BCUT2D eigenvalue weighted by Crippen LogP contribution is 2.13. The number of benzene rings is 1. The lowest BCUT2D eigenvalue weighted by Crippen LogP contribution is -2.46. The first kappa shape index (κ1) is 16.3. The van der Waals surface area contributed by atoms with E-state index in [1.165, 1.54) is 24.6 Å². The van der Waals surface area contributed by atoms with Gasteiger partial charge in [-0.3, -0.25) is 9.59 Å². The molecule has 8 heteroatoms. The summed E-state index contributed by atoms with van der Waals surface area (Å²) in [5.41, 5.74) is 0.345. The van der Waals surface area contributed by atoms with E-state index in [0.717, 1.165) is 0 Å². The summed E-state index contributed by atoms with van der Waals surface area (Å²) in [5, 5.41) is 2.98. The van der Waals surface area contributed by atoms with Gasteiger partial charge in [0.2, 0.25) is 0 Å². The van der Waals surface area contributed by atoms with Gasteiger partial charge in [-0.2, -0.15) is 0 Å². The Balaban J connectivity index is 2.12. The van der Waals surface area contributed by atoms with Gasteiger partial charge in [-0.05, 0) is 35.0 Å². The lowest BCUT2D eigenvalue weighted by Gasteiger charge is -1.95. The zero-order chi connectivity index (χ0) is 17.8. The van der Waals surface area contributed by atoms with E-state index in [0.29, 0.717) is 23.4 Å². The van der Waals surface area contributed by atoms with Crippen molar-refractivity contribution >= 4 is 17.8 Å². The highest BCUT2D eigenvalue weighted by Gasteiger charge is 2.04. The molecule has 3 aromatic rings. The smallest absolute Gasteiger partial charge is 0.272 e. The second-order valence-corrected chi connectivity index (χ2v) is 5.22. The van der Waals surface area contributed by atoms with E-state index in [2.05, 4.69) is 20.1 Å². The number of oxazole rings is 1. The molecule has 0 atom stereocenters. The van der Waals surface area contributed by atoms with Crippen molar-refractivity contribution < 1.29 is 4.42 Å². The number of hydrogen-bond acceptors (Lipinski definition) is 6. The van der Waals surface area contributed by atoms with Crippen LogP contribution in [0.25, 0.3) is 12.2 Å². The van der Waals surface area contributed by atoms with Crippen LogP contribution in [-0.4, -0.2) is 15.0 Å². The Hall–Kier alpha value is -3.55. The molecule has 3 rings (SSSR count). The van der Waals surface area contributed by atoms with Gasteiger partial charge in [0.1, 0.15) is 27.8 Å². The van der Waals surface area contributed by atoms with E-state index >= 15 is 0 Å². The number of aromatic amines is 2. The maximum absolute atomic E-state index is 12.2. The van der Waals surface area contributed by atoms with Gasteiger partial charge in [0.25, 0.3) is 11.1 Å². The Morgan fingerprint density at radius 3 is 2.56 bits per heavy atom. The summed E-state index contributed by atoms with van der Waals surface area (Å²) in [6, 6.07) is 6.37. The highest BCUT2D eigenvalue weighted by molar-refractivity contribution is 5.54. The van der Waals surface area contributed by atoms with Gasteiger partial charge < -0.3 is 14.4 Å². The summed E-state index contributed by atoms with van der Waals surface area (Å²) in [4.78, 5) is 44.1. The third-order valence-electron chi connectivity index (χ3n) is 3.55. The molecule has 0 aliphatic rings.